The molecule has 0 saturated heterocycles. The van der Waals surface area contributed by atoms with Gasteiger partial charge in [0.2, 0.25) is 10.0 Å². The van der Waals surface area contributed by atoms with Gasteiger partial charge in [-0.05, 0) is 37.1 Å². The van der Waals surface area contributed by atoms with Crippen LogP contribution in [0.2, 0.25) is 0 Å². The van der Waals surface area contributed by atoms with Gasteiger partial charge in [0.25, 0.3) is 0 Å². The molecule has 132 valence electrons. The zero-order valence-electron chi connectivity index (χ0n) is 14.4. The van der Waals surface area contributed by atoms with Crippen molar-refractivity contribution in [3.05, 3.63) is 30.1 Å². The fraction of sp³-hybridized carbons (Fsp3) is 0.667. The summed E-state index contributed by atoms with van der Waals surface area (Å²) < 4.78 is 40.2. The molecular formula is C18H30FNO2S. The maximum Gasteiger partial charge on any atom is 0.243 e. The second-order valence-corrected chi connectivity index (χ2v) is 7.92. The molecule has 0 atom stereocenters. The summed E-state index contributed by atoms with van der Waals surface area (Å²) in [6.45, 7) is 5.37. The summed E-state index contributed by atoms with van der Waals surface area (Å²) in [6, 6.07) is 5.13. The number of hydrogen-bond donors (Lipinski definition) is 0. The number of sulfonamides is 1. The molecular weight excluding hydrogens is 313 g/mol. The highest BCUT2D eigenvalue weighted by molar-refractivity contribution is 7.89. The number of nitrogens with zero attached hydrogens (tertiary/aromatic N) is 1. The fourth-order valence-corrected chi connectivity index (χ4v) is 4.05. The van der Waals surface area contributed by atoms with Crippen LogP contribution in [-0.4, -0.2) is 25.8 Å². The molecule has 3 nitrogen and oxygen atoms in total. The minimum Gasteiger partial charge on any atom is -0.207 e. The molecule has 23 heavy (non-hydrogen) atoms. The first kappa shape index (κ1) is 20.1. The topological polar surface area (TPSA) is 37.4 Å². The van der Waals surface area contributed by atoms with Crippen molar-refractivity contribution in [2.24, 2.45) is 0 Å². The Kier molecular flexibility index (Phi) is 9.41. The van der Waals surface area contributed by atoms with E-state index in [0.717, 1.165) is 51.4 Å². The Balaban J connectivity index is 2.76. The maximum atomic E-state index is 13.0. The second kappa shape index (κ2) is 10.8. The summed E-state index contributed by atoms with van der Waals surface area (Å²) >= 11 is 0. The minimum absolute atomic E-state index is 0.185. The molecule has 0 amide bonds. The van der Waals surface area contributed by atoms with Gasteiger partial charge in [-0.2, -0.15) is 4.31 Å². The van der Waals surface area contributed by atoms with Gasteiger partial charge in [-0.3, -0.25) is 0 Å². The van der Waals surface area contributed by atoms with E-state index in [1.54, 1.807) is 4.31 Å². The van der Waals surface area contributed by atoms with E-state index in [9.17, 15) is 12.8 Å². The molecule has 0 aliphatic carbocycles. The normalized spacial score (nSPS) is 12.0. The van der Waals surface area contributed by atoms with Crippen molar-refractivity contribution < 1.29 is 12.8 Å². The molecule has 5 heteroatoms. The highest BCUT2D eigenvalue weighted by atomic mass is 32.2. The first-order chi connectivity index (χ1) is 11.0. The predicted octanol–water partition coefficient (Wildman–Crippen LogP) is 4.98. The third kappa shape index (κ3) is 7.00. The van der Waals surface area contributed by atoms with Gasteiger partial charge in [0.1, 0.15) is 5.82 Å². The van der Waals surface area contributed by atoms with Crippen molar-refractivity contribution in [2.75, 3.05) is 13.1 Å². The summed E-state index contributed by atoms with van der Waals surface area (Å²) in [6.07, 6.45) is 8.34. The molecule has 0 saturated carbocycles. The van der Waals surface area contributed by atoms with E-state index >= 15 is 0 Å². The van der Waals surface area contributed by atoms with Crippen molar-refractivity contribution in [2.45, 2.75) is 70.1 Å². The zero-order valence-corrected chi connectivity index (χ0v) is 15.2. The van der Waals surface area contributed by atoms with Crippen LogP contribution in [0.5, 0.6) is 0 Å². The highest BCUT2D eigenvalue weighted by Gasteiger charge is 2.23. The number of halogens is 1. The van der Waals surface area contributed by atoms with Crippen molar-refractivity contribution in [3.63, 3.8) is 0 Å². The second-order valence-electron chi connectivity index (χ2n) is 5.98. The Labute approximate surface area is 140 Å². The average Bonchev–Trinajstić information content (AvgIpc) is 2.53. The Morgan fingerprint density at radius 1 is 0.826 bits per heavy atom. The van der Waals surface area contributed by atoms with Crippen LogP contribution in [0, 0.1) is 5.82 Å². The van der Waals surface area contributed by atoms with E-state index in [2.05, 4.69) is 13.8 Å². The predicted molar refractivity (Wildman–Crippen MR) is 93.4 cm³/mol. The number of hydrogen-bond acceptors (Lipinski definition) is 2. The van der Waals surface area contributed by atoms with Gasteiger partial charge in [0.05, 0.1) is 4.90 Å². The molecule has 1 aromatic rings. The average molecular weight is 344 g/mol. The van der Waals surface area contributed by atoms with Crippen LogP contribution >= 0.6 is 0 Å². The fourth-order valence-electron chi connectivity index (χ4n) is 2.54. The molecule has 0 aliphatic heterocycles. The summed E-state index contributed by atoms with van der Waals surface area (Å²) in [4.78, 5) is 0.185. The smallest absolute Gasteiger partial charge is 0.207 e. The molecule has 0 spiro atoms. The first-order valence-electron chi connectivity index (χ1n) is 8.78. The van der Waals surface area contributed by atoms with E-state index in [-0.39, 0.29) is 4.90 Å². The third-order valence-electron chi connectivity index (χ3n) is 3.97. The summed E-state index contributed by atoms with van der Waals surface area (Å²) in [5.41, 5.74) is 0. The van der Waals surface area contributed by atoms with Crippen LogP contribution in [0.3, 0.4) is 0 Å². The number of benzene rings is 1. The van der Waals surface area contributed by atoms with Gasteiger partial charge in [-0.15, -0.1) is 0 Å². The Morgan fingerprint density at radius 2 is 1.30 bits per heavy atom. The Bertz CT molecular complexity index is 516. The van der Waals surface area contributed by atoms with E-state index < -0.39 is 15.8 Å². The largest absolute Gasteiger partial charge is 0.243 e. The molecule has 1 rings (SSSR count). The van der Waals surface area contributed by atoms with Gasteiger partial charge in [-0.1, -0.05) is 52.4 Å². The Morgan fingerprint density at radius 3 is 1.74 bits per heavy atom. The van der Waals surface area contributed by atoms with Gasteiger partial charge in [0, 0.05) is 13.1 Å². The van der Waals surface area contributed by atoms with Crippen molar-refractivity contribution in [1.82, 2.24) is 4.31 Å². The molecule has 0 heterocycles. The van der Waals surface area contributed by atoms with Crippen molar-refractivity contribution in [1.29, 1.82) is 0 Å². The molecule has 0 unspecified atom stereocenters. The van der Waals surface area contributed by atoms with E-state index in [0.29, 0.717) is 13.1 Å². The van der Waals surface area contributed by atoms with Gasteiger partial charge >= 0.3 is 0 Å². The van der Waals surface area contributed by atoms with Gasteiger partial charge < -0.3 is 0 Å². The van der Waals surface area contributed by atoms with Crippen molar-refractivity contribution in [3.8, 4) is 0 Å². The molecule has 0 aliphatic rings. The van der Waals surface area contributed by atoms with Crippen LogP contribution in [0.1, 0.15) is 65.2 Å². The summed E-state index contributed by atoms with van der Waals surface area (Å²) in [5, 5.41) is 0. The first-order valence-corrected chi connectivity index (χ1v) is 10.2. The van der Waals surface area contributed by atoms with Crippen LogP contribution in [0.15, 0.2) is 29.2 Å². The molecule has 0 bridgehead atoms. The third-order valence-corrected chi connectivity index (χ3v) is 5.89. The minimum atomic E-state index is -3.53. The van der Waals surface area contributed by atoms with Crippen LogP contribution in [-0.2, 0) is 10.0 Å². The lowest BCUT2D eigenvalue weighted by molar-refractivity contribution is 0.385. The molecule has 1 aromatic carbocycles. The zero-order chi connectivity index (χ0) is 17.1. The molecule has 0 aromatic heterocycles. The lowest BCUT2D eigenvalue weighted by Gasteiger charge is -2.22. The van der Waals surface area contributed by atoms with Crippen LogP contribution in [0.4, 0.5) is 4.39 Å². The Hall–Kier alpha value is -0.940. The molecule has 0 N–H and O–H groups in total. The quantitative estimate of drug-likeness (QED) is 0.502. The van der Waals surface area contributed by atoms with E-state index in [1.165, 1.54) is 24.3 Å². The number of rotatable bonds is 12. The lowest BCUT2D eigenvalue weighted by atomic mass is 10.2. The van der Waals surface area contributed by atoms with E-state index in [4.69, 9.17) is 0 Å². The monoisotopic (exact) mass is 343 g/mol. The highest BCUT2D eigenvalue weighted by Crippen LogP contribution is 2.18. The molecule has 0 radical (unpaired) electrons. The number of unbranched alkanes of at least 4 members (excludes halogenated alkanes) is 6. The summed E-state index contributed by atoms with van der Waals surface area (Å²) in [5.74, 6) is -0.415. The van der Waals surface area contributed by atoms with E-state index in [1.807, 2.05) is 0 Å². The maximum absolute atomic E-state index is 13.0. The lowest BCUT2D eigenvalue weighted by Crippen LogP contribution is -2.33. The van der Waals surface area contributed by atoms with Gasteiger partial charge in [0.15, 0.2) is 0 Å². The van der Waals surface area contributed by atoms with Gasteiger partial charge in [-0.25, -0.2) is 12.8 Å². The van der Waals surface area contributed by atoms with Crippen molar-refractivity contribution >= 4 is 10.0 Å². The molecule has 0 fully saturated rings. The SMILES string of the molecule is CCCCCCN(CCCCCC)S(=O)(=O)c1ccc(F)cc1. The standard InChI is InChI=1S/C18H30FNO2S/c1-3-5-7-9-15-20(16-10-8-6-4-2)23(21,22)18-13-11-17(19)12-14-18/h11-14H,3-10,15-16H2,1-2H3. The summed E-state index contributed by atoms with van der Waals surface area (Å²) in [7, 11) is -3.53. The van der Waals surface area contributed by atoms with Crippen LogP contribution < -0.4 is 0 Å². The van der Waals surface area contributed by atoms with Crippen LogP contribution in [0.25, 0.3) is 0 Å².